The highest BCUT2D eigenvalue weighted by atomic mass is 32.2. The number of ether oxygens (including phenoxy) is 1. The number of aliphatic hydroxyl groups is 2. The van der Waals surface area contributed by atoms with Gasteiger partial charge in [-0.2, -0.15) is 0 Å². The summed E-state index contributed by atoms with van der Waals surface area (Å²) in [6.07, 6.45) is 0.833. The molecule has 0 spiro atoms. The highest BCUT2D eigenvalue weighted by molar-refractivity contribution is 8.13. The van der Waals surface area contributed by atoms with Crippen molar-refractivity contribution < 1.29 is 46.9 Å². The zero-order valence-electron chi connectivity index (χ0n) is 21.8. The number of alkyl halides is 3. The lowest BCUT2D eigenvalue weighted by atomic mass is 9.44. The second kappa shape index (κ2) is 9.34. The van der Waals surface area contributed by atoms with E-state index in [1.807, 2.05) is 0 Å². The average molecular weight is 569 g/mol. The summed E-state index contributed by atoms with van der Waals surface area (Å²) in [5, 5.41) is 20.1. The van der Waals surface area contributed by atoms with Gasteiger partial charge in [-0.25, -0.2) is 18.0 Å². The summed E-state index contributed by atoms with van der Waals surface area (Å²) in [7, 11) is 0. The molecule has 39 heavy (non-hydrogen) atoms. The summed E-state index contributed by atoms with van der Waals surface area (Å²) in [5.74, 6) is -4.34. The van der Waals surface area contributed by atoms with E-state index in [4.69, 9.17) is 9.15 Å². The van der Waals surface area contributed by atoms with Crippen LogP contribution in [0, 0.1) is 28.6 Å². The Labute approximate surface area is 227 Å². The minimum atomic E-state index is -2.38. The maximum absolute atomic E-state index is 17.4. The van der Waals surface area contributed by atoms with Gasteiger partial charge in [0, 0.05) is 28.2 Å². The Morgan fingerprint density at radius 1 is 1.26 bits per heavy atom. The number of carbonyl (C=O) groups excluding carboxylic acids is 3. The Morgan fingerprint density at radius 3 is 2.62 bits per heavy atom. The number of rotatable bonds is 5. The Bertz CT molecular complexity index is 1280. The van der Waals surface area contributed by atoms with Gasteiger partial charge in [0.15, 0.2) is 17.1 Å². The van der Waals surface area contributed by atoms with E-state index in [2.05, 4.69) is 0 Å². The zero-order valence-corrected chi connectivity index (χ0v) is 22.6. The first-order valence-electron chi connectivity index (χ1n) is 12.9. The van der Waals surface area contributed by atoms with E-state index in [0.717, 1.165) is 12.3 Å². The van der Waals surface area contributed by atoms with Gasteiger partial charge in [-0.3, -0.25) is 9.59 Å². The van der Waals surface area contributed by atoms with E-state index in [1.165, 1.54) is 25.1 Å². The molecule has 0 radical (unpaired) electrons. The van der Waals surface area contributed by atoms with Crippen LogP contribution in [0.3, 0.4) is 0 Å². The molecule has 1 heterocycles. The van der Waals surface area contributed by atoms with Crippen molar-refractivity contribution in [2.45, 2.75) is 70.2 Å². The molecule has 0 amide bonds. The summed E-state index contributed by atoms with van der Waals surface area (Å²) in [5.41, 5.74) is -7.09. The third-order valence-electron chi connectivity index (χ3n) is 9.95. The highest BCUT2D eigenvalue weighted by Crippen LogP contribution is 2.72. The Hall–Kier alpha value is -2.37. The number of esters is 1. The topological polar surface area (TPSA) is 114 Å². The number of halogens is 3. The Balaban J connectivity index is 1.62. The largest absolute Gasteiger partial charge is 0.457 e. The molecular weight excluding hydrogens is 537 g/mol. The standard InChI is InChI=1S/C28H31F3O7S/c1-14-6-17-18-9-20(30)19-8-16(33)4-5-25(19,2)27(18,31)22(34)10-26(17,3)28(14,24(36)39-13-29)38-23(35)21-7-15(11-32)12-37-21/h4-5,7-8,12,14,17-18,20,22,32,34H,6,9-11,13H2,1-3H3/t14-,17+,18+,20+,22+,25+,26+,27+,28+/m1/s1. The Kier molecular flexibility index (Phi) is 6.75. The molecular formula is C28H31F3O7S. The highest BCUT2D eigenvalue weighted by Gasteiger charge is 2.78. The van der Waals surface area contributed by atoms with E-state index in [0.29, 0.717) is 17.3 Å². The molecule has 9 atom stereocenters. The maximum Gasteiger partial charge on any atom is 0.375 e. The predicted octanol–water partition coefficient (Wildman–Crippen LogP) is 4.42. The molecule has 0 saturated heterocycles. The van der Waals surface area contributed by atoms with Gasteiger partial charge in [-0.15, -0.1) is 0 Å². The number of allylic oxidation sites excluding steroid dienone is 4. The maximum atomic E-state index is 17.4. The van der Waals surface area contributed by atoms with Crippen LogP contribution >= 0.6 is 11.8 Å². The number of hydrogen-bond donors (Lipinski definition) is 2. The smallest absolute Gasteiger partial charge is 0.375 e. The van der Waals surface area contributed by atoms with Crippen LogP contribution in [-0.2, 0) is 20.9 Å². The first kappa shape index (κ1) is 28.2. The number of fused-ring (bicyclic) bond motifs is 5. The van der Waals surface area contributed by atoms with Crippen LogP contribution < -0.4 is 0 Å². The first-order chi connectivity index (χ1) is 18.3. The summed E-state index contributed by atoms with van der Waals surface area (Å²) in [4.78, 5) is 39.0. The monoisotopic (exact) mass is 568 g/mol. The molecule has 0 aliphatic heterocycles. The normalized spacial score (nSPS) is 42.8. The average Bonchev–Trinajstić information content (AvgIpc) is 3.45. The number of aliphatic hydroxyl groups excluding tert-OH is 2. The van der Waals surface area contributed by atoms with Crippen molar-refractivity contribution in [1.82, 2.24) is 0 Å². The molecule has 212 valence electrons. The second-order valence-electron chi connectivity index (χ2n) is 11.6. The third-order valence-corrected chi connectivity index (χ3v) is 10.6. The summed E-state index contributed by atoms with van der Waals surface area (Å²) in [6.45, 7) is 4.32. The molecule has 4 aliphatic carbocycles. The SMILES string of the molecule is C[C@@H]1C[C@H]2[C@@H]3C[C@H](F)C4=CC(=O)C=C[C@]4(C)[C@@]3(F)[C@@H](O)C[C@]2(C)[C@@]1(OC(=O)c1cc(CO)co1)C(=O)SCF. The predicted molar refractivity (Wildman–Crippen MR) is 135 cm³/mol. The van der Waals surface area contributed by atoms with Gasteiger partial charge >= 0.3 is 5.97 Å². The van der Waals surface area contributed by atoms with Crippen molar-refractivity contribution in [3.05, 3.63) is 47.5 Å². The lowest BCUT2D eigenvalue weighted by Crippen LogP contribution is -2.70. The molecule has 3 fully saturated rings. The third kappa shape index (κ3) is 3.61. The summed E-state index contributed by atoms with van der Waals surface area (Å²) < 4.78 is 57.8. The van der Waals surface area contributed by atoms with Gasteiger partial charge in [0.1, 0.15) is 12.2 Å². The van der Waals surface area contributed by atoms with Crippen molar-refractivity contribution in [3.8, 4) is 0 Å². The molecule has 0 bridgehead atoms. The number of hydrogen-bond acceptors (Lipinski definition) is 8. The Morgan fingerprint density at radius 2 is 1.97 bits per heavy atom. The van der Waals surface area contributed by atoms with Crippen molar-refractivity contribution >= 4 is 28.6 Å². The van der Waals surface area contributed by atoms with E-state index in [9.17, 15) is 29.0 Å². The fourth-order valence-corrected chi connectivity index (χ4v) is 8.93. The van der Waals surface area contributed by atoms with Crippen molar-refractivity contribution in [2.24, 2.45) is 28.6 Å². The van der Waals surface area contributed by atoms with Crippen LogP contribution in [-0.4, -0.2) is 56.6 Å². The second-order valence-corrected chi connectivity index (χ2v) is 12.5. The molecule has 7 nitrogen and oxygen atoms in total. The van der Waals surface area contributed by atoms with Gasteiger partial charge in [0.25, 0.3) is 0 Å². The number of thioether (sulfide) groups is 1. The van der Waals surface area contributed by atoms with Gasteiger partial charge < -0.3 is 19.4 Å². The van der Waals surface area contributed by atoms with Gasteiger partial charge in [0.2, 0.25) is 10.9 Å². The van der Waals surface area contributed by atoms with Crippen LogP contribution in [0.25, 0.3) is 0 Å². The quantitative estimate of drug-likeness (QED) is 0.502. The first-order valence-corrected chi connectivity index (χ1v) is 13.9. The lowest BCUT2D eigenvalue weighted by Gasteiger charge is -2.63. The number of ketones is 1. The van der Waals surface area contributed by atoms with Crippen LogP contribution in [0.4, 0.5) is 13.2 Å². The molecule has 1 aromatic heterocycles. The van der Waals surface area contributed by atoms with Gasteiger partial charge in [-0.1, -0.05) is 19.9 Å². The number of carbonyl (C=O) groups is 3. The minimum absolute atomic E-state index is 0.0262. The molecule has 3 saturated carbocycles. The van der Waals surface area contributed by atoms with Crippen molar-refractivity contribution in [1.29, 1.82) is 0 Å². The van der Waals surface area contributed by atoms with E-state index in [-0.39, 0.29) is 30.6 Å². The number of furan rings is 1. The van der Waals surface area contributed by atoms with Crippen LogP contribution in [0.5, 0.6) is 0 Å². The van der Waals surface area contributed by atoms with Crippen molar-refractivity contribution in [2.75, 3.05) is 6.01 Å². The van der Waals surface area contributed by atoms with E-state index < -0.39 is 81.6 Å². The molecule has 11 heteroatoms. The van der Waals surface area contributed by atoms with E-state index in [1.54, 1.807) is 13.8 Å². The van der Waals surface area contributed by atoms with Crippen LogP contribution in [0.1, 0.15) is 56.2 Å². The molecule has 0 unspecified atom stereocenters. The van der Waals surface area contributed by atoms with Gasteiger partial charge in [0.05, 0.1) is 19.0 Å². The fourth-order valence-electron chi connectivity index (χ4n) is 8.14. The zero-order chi connectivity index (χ0) is 28.5. The molecule has 4 aliphatic rings. The molecule has 2 N–H and O–H groups in total. The molecule has 0 aromatic carbocycles. The summed E-state index contributed by atoms with van der Waals surface area (Å²) >= 11 is 0.320. The molecule has 1 aromatic rings. The van der Waals surface area contributed by atoms with Crippen molar-refractivity contribution in [3.63, 3.8) is 0 Å². The minimum Gasteiger partial charge on any atom is -0.457 e. The fraction of sp³-hybridized carbons (Fsp3) is 0.607. The van der Waals surface area contributed by atoms with E-state index >= 15 is 8.78 Å². The molecule has 5 rings (SSSR count). The van der Waals surface area contributed by atoms with Gasteiger partial charge in [-0.05, 0) is 67.7 Å². The summed E-state index contributed by atoms with van der Waals surface area (Å²) in [6, 6.07) is 0.155. The van der Waals surface area contributed by atoms with Crippen LogP contribution in [0.15, 0.2) is 40.5 Å². The van der Waals surface area contributed by atoms with Crippen LogP contribution in [0.2, 0.25) is 0 Å². The lowest BCUT2D eigenvalue weighted by molar-refractivity contribution is -0.221.